The first-order valence-corrected chi connectivity index (χ1v) is 11.5. The predicted octanol–water partition coefficient (Wildman–Crippen LogP) is 2.82. The predicted molar refractivity (Wildman–Crippen MR) is 118 cm³/mol. The van der Waals surface area contributed by atoms with Gasteiger partial charge in [-0.3, -0.25) is 4.98 Å². The molecule has 5 rings (SSSR count). The molecule has 0 atom stereocenters. The number of aromatic nitrogens is 2. The number of ether oxygens (including phenoxy) is 1. The first-order valence-electron chi connectivity index (χ1n) is 10.0. The van der Waals surface area contributed by atoms with Crippen LogP contribution in [-0.2, 0) is 10.0 Å². The molecule has 0 saturated carbocycles. The molecular weight excluding hydrogens is 400 g/mol. The molecule has 0 spiro atoms. The van der Waals surface area contributed by atoms with E-state index in [9.17, 15) is 8.42 Å². The fourth-order valence-corrected chi connectivity index (χ4v) is 5.46. The summed E-state index contributed by atoms with van der Waals surface area (Å²) >= 11 is 0. The number of hydrogen-bond acceptors (Lipinski definition) is 6. The van der Waals surface area contributed by atoms with Crippen molar-refractivity contribution in [2.24, 2.45) is 0 Å². The average molecular weight is 425 g/mol. The highest BCUT2D eigenvalue weighted by atomic mass is 32.2. The molecule has 156 valence electrons. The van der Waals surface area contributed by atoms with E-state index in [0.29, 0.717) is 17.9 Å². The van der Waals surface area contributed by atoms with Crippen molar-refractivity contribution < 1.29 is 13.2 Å². The molecule has 30 heavy (non-hydrogen) atoms. The van der Waals surface area contributed by atoms with Gasteiger partial charge in [0.1, 0.15) is 12.4 Å². The maximum atomic E-state index is 13.6. The van der Waals surface area contributed by atoms with Gasteiger partial charge in [-0.05, 0) is 49.4 Å². The van der Waals surface area contributed by atoms with Crippen molar-refractivity contribution in [3.05, 3.63) is 54.4 Å². The molecule has 0 bridgehead atoms. The molecular formula is C22H24N4O3S. The van der Waals surface area contributed by atoms with Gasteiger partial charge in [0.15, 0.2) is 0 Å². The number of rotatable bonds is 3. The van der Waals surface area contributed by atoms with Gasteiger partial charge in [-0.25, -0.2) is 12.4 Å². The molecule has 0 saturated heterocycles. The monoisotopic (exact) mass is 424 g/mol. The van der Waals surface area contributed by atoms with Gasteiger partial charge in [0.05, 0.1) is 28.2 Å². The van der Waals surface area contributed by atoms with Crippen molar-refractivity contribution >= 4 is 32.3 Å². The van der Waals surface area contributed by atoms with E-state index in [1.807, 2.05) is 18.0 Å². The summed E-state index contributed by atoms with van der Waals surface area (Å²) in [5, 5.41) is 0. The fraction of sp³-hybridized carbons (Fsp3) is 0.318. The molecule has 0 unspecified atom stereocenters. The normalized spacial score (nSPS) is 17.5. The van der Waals surface area contributed by atoms with Crippen LogP contribution in [-0.4, -0.2) is 62.6 Å². The van der Waals surface area contributed by atoms with E-state index >= 15 is 0 Å². The maximum Gasteiger partial charge on any atom is 0.268 e. The first-order chi connectivity index (χ1) is 14.4. The van der Waals surface area contributed by atoms with E-state index in [1.165, 1.54) is 3.97 Å². The Morgan fingerprint density at radius 1 is 1.13 bits per heavy atom. The summed E-state index contributed by atoms with van der Waals surface area (Å²) in [6.07, 6.45) is 6.47. The van der Waals surface area contributed by atoms with Gasteiger partial charge < -0.3 is 14.5 Å². The van der Waals surface area contributed by atoms with Crippen molar-refractivity contribution in [3.63, 3.8) is 0 Å². The van der Waals surface area contributed by atoms with Crippen molar-refractivity contribution in [3.8, 4) is 5.75 Å². The number of hydrogen-bond donors (Lipinski definition) is 0. The Labute approximate surface area is 176 Å². The van der Waals surface area contributed by atoms with E-state index in [2.05, 4.69) is 23.0 Å². The second kappa shape index (κ2) is 7.14. The standard InChI is InChI=1S/C22H24N4O3S/c1-24-10-7-16(8-11-24)18-15-26(19-4-3-9-23-22(18)19)30(27,28)17-5-6-21-20(14-17)25(2)12-13-29-21/h3-7,9,14-15H,8,10-13H2,1-2H3. The van der Waals surface area contributed by atoms with Gasteiger partial charge >= 0.3 is 0 Å². The van der Waals surface area contributed by atoms with Crippen molar-refractivity contribution in [2.75, 3.05) is 45.2 Å². The summed E-state index contributed by atoms with van der Waals surface area (Å²) in [5.41, 5.74) is 4.13. The van der Waals surface area contributed by atoms with E-state index in [-0.39, 0.29) is 4.90 Å². The van der Waals surface area contributed by atoms with Crippen molar-refractivity contribution in [2.45, 2.75) is 11.3 Å². The van der Waals surface area contributed by atoms with E-state index in [1.54, 1.807) is 36.7 Å². The lowest BCUT2D eigenvalue weighted by molar-refractivity contribution is 0.311. The summed E-state index contributed by atoms with van der Waals surface area (Å²) in [7, 11) is 0.227. The van der Waals surface area contributed by atoms with Crippen LogP contribution in [0.15, 0.2) is 53.7 Å². The summed E-state index contributed by atoms with van der Waals surface area (Å²) < 4.78 is 34.3. The smallest absolute Gasteiger partial charge is 0.268 e. The average Bonchev–Trinajstić information content (AvgIpc) is 3.15. The highest BCUT2D eigenvalue weighted by molar-refractivity contribution is 7.90. The molecule has 0 amide bonds. The maximum absolute atomic E-state index is 13.6. The highest BCUT2D eigenvalue weighted by Gasteiger charge is 2.26. The van der Waals surface area contributed by atoms with Gasteiger partial charge in [-0.1, -0.05) is 6.08 Å². The van der Waals surface area contributed by atoms with Crippen molar-refractivity contribution in [1.82, 2.24) is 13.9 Å². The van der Waals surface area contributed by atoms with E-state index in [4.69, 9.17) is 4.74 Å². The van der Waals surface area contributed by atoms with Crippen LogP contribution in [0.4, 0.5) is 5.69 Å². The van der Waals surface area contributed by atoms with Gasteiger partial charge in [0.25, 0.3) is 10.0 Å². The zero-order valence-electron chi connectivity index (χ0n) is 17.1. The Kier molecular flexibility index (Phi) is 4.56. The third-order valence-electron chi connectivity index (χ3n) is 5.87. The molecule has 0 aliphatic carbocycles. The summed E-state index contributed by atoms with van der Waals surface area (Å²) in [4.78, 5) is 9.01. The number of nitrogens with zero attached hydrogens (tertiary/aromatic N) is 4. The molecule has 2 aliphatic heterocycles. The van der Waals surface area contributed by atoms with Gasteiger partial charge in [-0.15, -0.1) is 0 Å². The minimum absolute atomic E-state index is 0.239. The fourth-order valence-electron chi connectivity index (χ4n) is 4.08. The third-order valence-corrected chi connectivity index (χ3v) is 7.54. The zero-order chi connectivity index (χ0) is 20.9. The highest BCUT2D eigenvalue weighted by Crippen LogP contribution is 2.35. The zero-order valence-corrected chi connectivity index (χ0v) is 17.9. The second-order valence-corrected chi connectivity index (χ2v) is 9.67. The molecule has 2 aromatic heterocycles. The van der Waals surface area contributed by atoms with Crippen LogP contribution in [0.1, 0.15) is 12.0 Å². The SMILES string of the molecule is CN1CC=C(c2cn(S(=O)(=O)c3ccc4c(c3)N(C)CCO4)c3cccnc23)CC1. The number of benzene rings is 1. The Bertz CT molecular complexity index is 1260. The quantitative estimate of drug-likeness (QED) is 0.644. The van der Waals surface area contributed by atoms with Crippen LogP contribution in [0, 0.1) is 0 Å². The largest absolute Gasteiger partial charge is 0.490 e. The van der Waals surface area contributed by atoms with E-state index in [0.717, 1.165) is 48.4 Å². The number of pyridine rings is 1. The topological polar surface area (TPSA) is 67.7 Å². The van der Waals surface area contributed by atoms with Crippen LogP contribution in [0.5, 0.6) is 5.75 Å². The van der Waals surface area contributed by atoms with Gasteiger partial charge in [0, 0.05) is 38.1 Å². The Morgan fingerprint density at radius 2 is 2.00 bits per heavy atom. The molecule has 0 radical (unpaired) electrons. The summed E-state index contributed by atoms with van der Waals surface area (Å²) in [5.74, 6) is 0.707. The van der Waals surface area contributed by atoms with Crippen LogP contribution in [0.25, 0.3) is 16.6 Å². The molecule has 3 aromatic rings. The molecule has 2 aliphatic rings. The Balaban J connectivity index is 1.65. The molecule has 7 nitrogen and oxygen atoms in total. The summed E-state index contributed by atoms with van der Waals surface area (Å²) in [6.45, 7) is 3.10. The lowest BCUT2D eigenvalue weighted by Crippen LogP contribution is -2.29. The lowest BCUT2D eigenvalue weighted by Gasteiger charge is -2.28. The van der Waals surface area contributed by atoms with Gasteiger partial charge in [0.2, 0.25) is 0 Å². The minimum atomic E-state index is -3.79. The summed E-state index contributed by atoms with van der Waals surface area (Å²) in [6, 6.07) is 8.63. The molecule has 0 fully saturated rings. The molecule has 4 heterocycles. The van der Waals surface area contributed by atoms with E-state index < -0.39 is 10.0 Å². The second-order valence-electron chi connectivity index (χ2n) is 7.86. The minimum Gasteiger partial charge on any atom is -0.490 e. The Morgan fingerprint density at radius 3 is 2.80 bits per heavy atom. The molecule has 8 heteroatoms. The number of anilines is 1. The first kappa shape index (κ1) is 19.1. The van der Waals surface area contributed by atoms with Crippen LogP contribution >= 0.6 is 0 Å². The molecule has 1 aromatic carbocycles. The van der Waals surface area contributed by atoms with Crippen LogP contribution in [0.2, 0.25) is 0 Å². The number of likely N-dealkylation sites (N-methyl/N-ethyl adjacent to an activating group) is 2. The van der Waals surface area contributed by atoms with Crippen LogP contribution in [0.3, 0.4) is 0 Å². The lowest BCUT2D eigenvalue weighted by atomic mass is 10.0. The van der Waals surface area contributed by atoms with Crippen LogP contribution < -0.4 is 9.64 Å². The molecule has 0 N–H and O–H groups in total. The Hall–Kier alpha value is -2.84. The number of fused-ring (bicyclic) bond motifs is 2. The third kappa shape index (κ3) is 3.07. The van der Waals surface area contributed by atoms with Gasteiger partial charge in [-0.2, -0.15) is 0 Å². The van der Waals surface area contributed by atoms with Crippen molar-refractivity contribution in [1.29, 1.82) is 0 Å².